The monoisotopic (exact) mass is 328 g/mol. The van der Waals surface area contributed by atoms with Gasteiger partial charge in [0.25, 0.3) is 5.91 Å². The third kappa shape index (κ3) is 1.63. The molecule has 1 spiro atoms. The molecule has 1 aromatic rings. The fourth-order valence-electron chi connectivity index (χ4n) is 5.82. The lowest BCUT2D eigenvalue weighted by Crippen LogP contribution is -2.53. The normalized spacial score (nSPS) is 42.7. The second-order valence-corrected chi connectivity index (χ2v) is 7.65. The van der Waals surface area contributed by atoms with Crippen molar-refractivity contribution in [3.8, 4) is 0 Å². The summed E-state index contributed by atoms with van der Waals surface area (Å²) in [5.74, 6) is 1.19. The van der Waals surface area contributed by atoms with Gasteiger partial charge >= 0.3 is 0 Å². The number of carbonyl (C=O) groups is 1. The molecule has 1 saturated carbocycles. The molecule has 0 radical (unpaired) electrons. The van der Waals surface area contributed by atoms with E-state index in [1.807, 2.05) is 18.2 Å². The Morgan fingerprint density at radius 2 is 2.21 bits per heavy atom. The highest BCUT2D eigenvalue weighted by Crippen LogP contribution is 2.56. The van der Waals surface area contributed by atoms with Crippen LogP contribution in [0.15, 0.2) is 24.3 Å². The van der Waals surface area contributed by atoms with Crippen molar-refractivity contribution in [3.63, 3.8) is 0 Å². The number of hydrogen-bond acceptors (Lipinski definition) is 4. The van der Waals surface area contributed by atoms with E-state index >= 15 is 0 Å². The Balaban J connectivity index is 1.66. The number of para-hydroxylation sites is 1. The Morgan fingerprint density at radius 1 is 1.38 bits per heavy atom. The van der Waals surface area contributed by atoms with Crippen LogP contribution >= 0.6 is 0 Å². The molecule has 4 aliphatic heterocycles. The molecule has 4 heterocycles. The van der Waals surface area contributed by atoms with Crippen LogP contribution in [-0.2, 0) is 19.8 Å². The molecule has 3 saturated heterocycles. The number of carbonyl (C=O) groups excluding carboxylic acids is 1. The second kappa shape index (κ2) is 5.04. The van der Waals surface area contributed by atoms with Crippen LogP contribution in [0.2, 0.25) is 0 Å². The molecule has 128 valence electrons. The van der Waals surface area contributed by atoms with Gasteiger partial charge in [0.15, 0.2) is 0 Å². The number of nitrogens with zero attached hydrogens (tertiary/aromatic N) is 1. The van der Waals surface area contributed by atoms with Crippen LogP contribution in [-0.4, -0.2) is 37.8 Å². The average molecular weight is 328 g/mol. The molecule has 4 fully saturated rings. The van der Waals surface area contributed by atoms with E-state index in [9.17, 15) is 4.79 Å². The Labute approximate surface area is 142 Å². The van der Waals surface area contributed by atoms with Crippen LogP contribution < -0.4 is 10.4 Å². The van der Waals surface area contributed by atoms with E-state index in [2.05, 4.69) is 18.3 Å². The maximum absolute atomic E-state index is 13.4. The average Bonchev–Trinajstić information content (AvgIpc) is 2.96. The van der Waals surface area contributed by atoms with Gasteiger partial charge in [-0.25, -0.2) is 0 Å². The third-order valence-corrected chi connectivity index (χ3v) is 6.87. The van der Waals surface area contributed by atoms with Crippen molar-refractivity contribution in [2.24, 2.45) is 11.8 Å². The summed E-state index contributed by atoms with van der Waals surface area (Å²) in [6.45, 7) is 3.02. The van der Waals surface area contributed by atoms with Crippen LogP contribution in [0.1, 0.15) is 31.7 Å². The maximum atomic E-state index is 13.4. The van der Waals surface area contributed by atoms with Gasteiger partial charge in [-0.15, -0.1) is 0 Å². The first-order valence-corrected chi connectivity index (χ1v) is 9.06. The molecule has 6 atom stereocenters. The topological polar surface area (TPSA) is 50.8 Å². The molecule has 0 aromatic heterocycles. The van der Waals surface area contributed by atoms with Crippen molar-refractivity contribution in [2.45, 2.75) is 49.8 Å². The summed E-state index contributed by atoms with van der Waals surface area (Å²) in [6.07, 6.45) is 2.87. The maximum Gasteiger partial charge on any atom is 0.264 e. The number of anilines is 1. The summed E-state index contributed by atoms with van der Waals surface area (Å²) in [4.78, 5) is 18.9. The van der Waals surface area contributed by atoms with Crippen molar-refractivity contribution in [2.75, 3.05) is 18.8 Å². The van der Waals surface area contributed by atoms with Gasteiger partial charge in [0, 0.05) is 18.0 Å². The van der Waals surface area contributed by atoms with Crippen molar-refractivity contribution < 1.29 is 14.4 Å². The minimum Gasteiger partial charge on any atom is -0.376 e. The molecule has 5 aliphatic rings. The molecule has 1 aromatic carbocycles. The highest BCUT2D eigenvalue weighted by molar-refractivity contribution is 6.07. The SMILES string of the molecule is CC[C@@H]1N[C@H]2C[C@@]3(C(=O)N(OC)c4ccccc43)[C@@H]3C[C@@H]1[C@@H]2CO3. The summed E-state index contributed by atoms with van der Waals surface area (Å²) < 4.78 is 6.29. The zero-order valence-corrected chi connectivity index (χ0v) is 14.2. The number of nitrogens with one attached hydrogen (secondary N) is 1. The number of hydrogen-bond donors (Lipinski definition) is 1. The summed E-state index contributed by atoms with van der Waals surface area (Å²) in [6, 6.07) is 8.95. The molecule has 6 rings (SSSR count). The molecular weight excluding hydrogens is 304 g/mol. The second-order valence-electron chi connectivity index (χ2n) is 7.65. The van der Waals surface area contributed by atoms with Crippen molar-refractivity contribution in [1.29, 1.82) is 0 Å². The third-order valence-electron chi connectivity index (χ3n) is 6.87. The predicted octanol–water partition coefficient (Wildman–Crippen LogP) is 2.01. The Kier molecular flexibility index (Phi) is 3.12. The number of ether oxygens (including phenoxy) is 1. The van der Waals surface area contributed by atoms with E-state index in [0.717, 1.165) is 37.1 Å². The highest BCUT2D eigenvalue weighted by atomic mass is 16.7. The first-order chi connectivity index (χ1) is 11.7. The van der Waals surface area contributed by atoms with Crippen LogP contribution in [0, 0.1) is 11.8 Å². The van der Waals surface area contributed by atoms with Gasteiger partial charge in [0.1, 0.15) is 5.41 Å². The van der Waals surface area contributed by atoms with E-state index in [0.29, 0.717) is 23.9 Å². The lowest BCUT2D eigenvalue weighted by atomic mass is 9.71. The van der Waals surface area contributed by atoms with E-state index < -0.39 is 5.41 Å². The van der Waals surface area contributed by atoms with Crippen molar-refractivity contribution in [3.05, 3.63) is 29.8 Å². The smallest absolute Gasteiger partial charge is 0.264 e. The van der Waals surface area contributed by atoms with Gasteiger partial charge in [-0.05, 0) is 36.8 Å². The number of rotatable bonds is 2. The molecule has 5 nitrogen and oxygen atoms in total. The van der Waals surface area contributed by atoms with E-state index in [4.69, 9.17) is 9.57 Å². The van der Waals surface area contributed by atoms with Gasteiger partial charge in [-0.1, -0.05) is 25.1 Å². The van der Waals surface area contributed by atoms with E-state index in [-0.39, 0.29) is 12.0 Å². The lowest BCUT2D eigenvalue weighted by molar-refractivity contribution is -0.138. The van der Waals surface area contributed by atoms with E-state index in [1.54, 1.807) is 7.11 Å². The first kappa shape index (κ1) is 14.9. The fraction of sp³-hybridized carbons (Fsp3) is 0.632. The first-order valence-electron chi connectivity index (χ1n) is 9.06. The molecule has 5 heteroatoms. The van der Waals surface area contributed by atoms with Gasteiger partial charge < -0.3 is 10.1 Å². The zero-order chi connectivity index (χ0) is 16.5. The van der Waals surface area contributed by atoms with Gasteiger partial charge in [0.2, 0.25) is 0 Å². The minimum absolute atomic E-state index is 0.0410. The molecule has 0 unspecified atom stereocenters. The van der Waals surface area contributed by atoms with Crippen molar-refractivity contribution >= 4 is 11.6 Å². The van der Waals surface area contributed by atoms with Gasteiger partial charge in [-0.2, -0.15) is 5.06 Å². The van der Waals surface area contributed by atoms with Gasteiger partial charge in [-0.3, -0.25) is 9.63 Å². The zero-order valence-electron chi connectivity index (χ0n) is 14.2. The summed E-state index contributed by atoms with van der Waals surface area (Å²) >= 11 is 0. The number of fused-ring (bicyclic) bond motifs is 2. The van der Waals surface area contributed by atoms with Gasteiger partial charge in [0.05, 0.1) is 25.5 Å². The summed E-state index contributed by atoms with van der Waals surface area (Å²) in [7, 11) is 1.57. The predicted molar refractivity (Wildman–Crippen MR) is 89.6 cm³/mol. The number of amides is 1. The largest absolute Gasteiger partial charge is 0.376 e. The Bertz CT molecular complexity index is 693. The summed E-state index contributed by atoms with van der Waals surface area (Å²) in [5.41, 5.74) is 1.35. The van der Waals surface area contributed by atoms with Crippen LogP contribution in [0.4, 0.5) is 5.69 Å². The molecule has 1 aliphatic carbocycles. The highest BCUT2D eigenvalue weighted by Gasteiger charge is 2.64. The molecule has 4 bridgehead atoms. The number of hydroxylamine groups is 1. The van der Waals surface area contributed by atoms with Crippen LogP contribution in [0.3, 0.4) is 0 Å². The lowest BCUT2D eigenvalue weighted by Gasteiger charge is -2.40. The Morgan fingerprint density at radius 3 is 3.00 bits per heavy atom. The number of benzene rings is 1. The molecular formula is C19H24N2O3. The van der Waals surface area contributed by atoms with E-state index in [1.165, 1.54) is 5.06 Å². The fourth-order valence-corrected chi connectivity index (χ4v) is 5.82. The minimum atomic E-state index is -0.605. The summed E-state index contributed by atoms with van der Waals surface area (Å²) in [5, 5.41) is 5.29. The molecule has 1 N–H and O–H groups in total. The Hall–Kier alpha value is -1.43. The van der Waals surface area contributed by atoms with Crippen LogP contribution in [0.25, 0.3) is 0 Å². The molecule has 24 heavy (non-hydrogen) atoms. The standard InChI is InChI=1S/C19H24N2O3/c1-3-14-11-8-17-19(9-15(20-14)12(11)10-24-17)13-6-4-5-7-16(13)21(23-2)18(19)22/h4-7,11-12,14-15,17,20H,3,8-10H2,1-2H3/t11-,12+,14+,15+,17+,19+/m1/s1. The van der Waals surface area contributed by atoms with Crippen molar-refractivity contribution in [1.82, 2.24) is 5.32 Å². The van der Waals surface area contributed by atoms with Crippen LogP contribution in [0.5, 0.6) is 0 Å². The quantitative estimate of drug-likeness (QED) is 0.902. The molecule has 1 amide bonds.